The van der Waals surface area contributed by atoms with Crippen LogP contribution in [0.1, 0.15) is 12.5 Å². The monoisotopic (exact) mass is 243 g/mol. The second-order valence-electron chi connectivity index (χ2n) is 4.48. The van der Waals surface area contributed by atoms with Crippen LogP contribution in [0.25, 0.3) is 0 Å². The lowest BCUT2D eigenvalue weighted by molar-refractivity contribution is -0.139. The van der Waals surface area contributed by atoms with Crippen molar-refractivity contribution in [1.29, 1.82) is 0 Å². The third-order valence-electron chi connectivity index (χ3n) is 3.00. The van der Waals surface area contributed by atoms with Crippen LogP contribution in [0.2, 0.25) is 0 Å². The summed E-state index contributed by atoms with van der Waals surface area (Å²) in [6.07, 6.45) is 5.43. The summed E-state index contributed by atoms with van der Waals surface area (Å²) in [5.74, 6) is -0.136. The van der Waals surface area contributed by atoms with Crippen LogP contribution < -0.4 is 5.73 Å². The van der Waals surface area contributed by atoms with Crippen molar-refractivity contribution in [2.24, 2.45) is 11.7 Å². The van der Waals surface area contributed by atoms with Crippen LogP contribution in [0.5, 0.6) is 0 Å². The van der Waals surface area contributed by atoms with Crippen molar-refractivity contribution in [3.05, 3.63) is 59.7 Å². The molecule has 0 bridgehead atoms. The first kappa shape index (κ1) is 12.6. The molecule has 3 nitrogen and oxygen atoms in total. The van der Waals surface area contributed by atoms with Crippen molar-refractivity contribution in [1.82, 2.24) is 0 Å². The van der Waals surface area contributed by atoms with Gasteiger partial charge in [0.1, 0.15) is 6.61 Å². The summed E-state index contributed by atoms with van der Waals surface area (Å²) >= 11 is 0. The van der Waals surface area contributed by atoms with Crippen molar-refractivity contribution in [2.75, 3.05) is 0 Å². The average Bonchev–Trinajstić information content (AvgIpc) is 2.40. The number of carbonyl (C=O) groups excluding carboxylic acids is 1. The minimum Gasteiger partial charge on any atom is -0.457 e. The molecule has 18 heavy (non-hydrogen) atoms. The van der Waals surface area contributed by atoms with Crippen molar-refractivity contribution in [3.63, 3.8) is 0 Å². The highest BCUT2D eigenvalue weighted by Crippen LogP contribution is 2.16. The Morgan fingerprint density at radius 2 is 2.06 bits per heavy atom. The fourth-order valence-corrected chi connectivity index (χ4v) is 1.78. The molecule has 0 spiro atoms. The lowest BCUT2D eigenvalue weighted by Crippen LogP contribution is -2.27. The van der Waals surface area contributed by atoms with Gasteiger partial charge >= 0.3 is 5.97 Å². The van der Waals surface area contributed by atoms with Gasteiger partial charge in [0.2, 0.25) is 0 Å². The summed E-state index contributed by atoms with van der Waals surface area (Å²) in [6, 6.07) is 9.61. The van der Waals surface area contributed by atoms with Gasteiger partial charge in [-0.25, -0.2) is 4.79 Å². The number of rotatable bonds is 3. The molecule has 1 aliphatic rings. The molecular weight excluding hydrogens is 226 g/mol. The van der Waals surface area contributed by atoms with Crippen LogP contribution in [0.15, 0.2) is 54.1 Å². The van der Waals surface area contributed by atoms with Crippen LogP contribution in [0, 0.1) is 5.92 Å². The standard InChI is InChI=1S/C15H17NO2/c1-11-9-13(7-8-14(11)16)15(17)18-10-12-5-3-2-4-6-12/h2-9,11,14H,10,16H2,1H3. The summed E-state index contributed by atoms with van der Waals surface area (Å²) in [7, 11) is 0. The van der Waals surface area contributed by atoms with E-state index in [1.807, 2.05) is 49.4 Å². The number of hydrogen-bond acceptors (Lipinski definition) is 3. The van der Waals surface area contributed by atoms with Gasteiger partial charge in [-0.1, -0.05) is 55.5 Å². The fourth-order valence-electron chi connectivity index (χ4n) is 1.78. The van der Waals surface area contributed by atoms with Gasteiger partial charge in [-0.3, -0.25) is 0 Å². The molecule has 94 valence electrons. The van der Waals surface area contributed by atoms with E-state index >= 15 is 0 Å². The Morgan fingerprint density at radius 3 is 2.72 bits per heavy atom. The van der Waals surface area contributed by atoms with E-state index in [2.05, 4.69) is 0 Å². The van der Waals surface area contributed by atoms with Crippen molar-refractivity contribution < 1.29 is 9.53 Å². The molecule has 2 unspecified atom stereocenters. The van der Waals surface area contributed by atoms with Gasteiger partial charge in [-0.2, -0.15) is 0 Å². The molecule has 2 rings (SSSR count). The van der Waals surface area contributed by atoms with E-state index in [9.17, 15) is 4.79 Å². The molecule has 1 aromatic rings. The third-order valence-corrected chi connectivity index (χ3v) is 3.00. The number of nitrogens with two attached hydrogens (primary N) is 1. The number of benzene rings is 1. The van der Waals surface area contributed by atoms with E-state index in [0.29, 0.717) is 12.2 Å². The maximum Gasteiger partial charge on any atom is 0.338 e. The Labute approximate surface area is 107 Å². The van der Waals surface area contributed by atoms with Gasteiger partial charge in [-0.05, 0) is 11.5 Å². The minimum atomic E-state index is -0.297. The highest BCUT2D eigenvalue weighted by Gasteiger charge is 2.17. The molecule has 1 aromatic carbocycles. The number of hydrogen-bond donors (Lipinski definition) is 1. The molecule has 0 saturated carbocycles. The maximum atomic E-state index is 11.8. The molecule has 0 fully saturated rings. The second kappa shape index (κ2) is 5.65. The van der Waals surface area contributed by atoms with Crippen molar-refractivity contribution in [2.45, 2.75) is 19.6 Å². The van der Waals surface area contributed by atoms with Gasteiger partial charge in [-0.15, -0.1) is 0 Å². The molecule has 2 N–H and O–H groups in total. The van der Waals surface area contributed by atoms with Crippen LogP contribution >= 0.6 is 0 Å². The Bertz CT molecular complexity index is 477. The summed E-state index contributed by atoms with van der Waals surface area (Å²) in [6.45, 7) is 2.28. The molecule has 0 aliphatic heterocycles. The molecule has 0 radical (unpaired) electrons. The molecule has 0 aromatic heterocycles. The molecule has 0 amide bonds. The predicted octanol–water partition coefficient (Wildman–Crippen LogP) is 2.19. The van der Waals surface area contributed by atoms with Crippen molar-refractivity contribution >= 4 is 5.97 Å². The lowest BCUT2D eigenvalue weighted by Gasteiger charge is -2.18. The van der Waals surface area contributed by atoms with Crippen LogP contribution in [0.4, 0.5) is 0 Å². The molecule has 0 saturated heterocycles. The van der Waals surface area contributed by atoms with Gasteiger partial charge in [0.25, 0.3) is 0 Å². The zero-order valence-corrected chi connectivity index (χ0v) is 10.4. The van der Waals surface area contributed by atoms with E-state index in [0.717, 1.165) is 5.56 Å². The van der Waals surface area contributed by atoms with Crippen LogP contribution in [-0.2, 0) is 16.1 Å². The van der Waals surface area contributed by atoms with Crippen LogP contribution in [-0.4, -0.2) is 12.0 Å². The number of esters is 1. The topological polar surface area (TPSA) is 52.3 Å². The predicted molar refractivity (Wildman–Crippen MR) is 70.6 cm³/mol. The SMILES string of the molecule is CC1C=C(C(=O)OCc2ccccc2)C=CC1N. The number of carbonyl (C=O) groups is 1. The van der Waals surface area contributed by atoms with Gasteiger partial charge in [0, 0.05) is 6.04 Å². The van der Waals surface area contributed by atoms with E-state index in [-0.39, 0.29) is 17.9 Å². The third kappa shape index (κ3) is 3.08. The smallest absolute Gasteiger partial charge is 0.338 e. The van der Waals surface area contributed by atoms with E-state index in [1.165, 1.54) is 0 Å². The Morgan fingerprint density at radius 1 is 1.33 bits per heavy atom. The lowest BCUT2D eigenvalue weighted by atomic mass is 9.94. The Balaban J connectivity index is 1.93. The summed E-state index contributed by atoms with van der Waals surface area (Å²) in [5, 5.41) is 0. The Kier molecular flexibility index (Phi) is 3.95. The number of ether oxygens (including phenoxy) is 1. The van der Waals surface area contributed by atoms with Gasteiger partial charge < -0.3 is 10.5 Å². The summed E-state index contributed by atoms with van der Waals surface area (Å²) in [5.41, 5.74) is 7.39. The first-order valence-corrected chi connectivity index (χ1v) is 6.03. The second-order valence-corrected chi connectivity index (χ2v) is 4.48. The largest absolute Gasteiger partial charge is 0.457 e. The highest BCUT2D eigenvalue weighted by molar-refractivity contribution is 5.91. The first-order valence-electron chi connectivity index (χ1n) is 6.03. The average molecular weight is 243 g/mol. The van der Waals surface area contributed by atoms with E-state index in [4.69, 9.17) is 10.5 Å². The van der Waals surface area contributed by atoms with E-state index in [1.54, 1.807) is 6.08 Å². The molecule has 3 heteroatoms. The van der Waals surface area contributed by atoms with Gasteiger partial charge in [0.05, 0.1) is 5.57 Å². The molecule has 1 aliphatic carbocycles. The summed E-state index contributed by atoms with van der Waals surface area (Å²) < 4.78 is 5.25. The quantitative estimate of drug-likeness (QED) is 0.828. The highest BCUT2D eigenvalue weighted by atomic mass is 16.5. The van der Waals surface area contributed by atoms with Crippen molar-refractivity contribution in [3.8, 4) is 0 Å². The molecule has 2 atom stereocenters. The maximum absolute atomic E-state index is 11.8. The van der Waals surface area contributed by atoms with E-state index < -0.39 is 0 Å². The Hall–Kier alpha value is -1.87. The molecule has 0 heterocycles. The van der Waals surface area contributed by atoms with Gasteiger partial charge in [0.15, 0.2) is 0 Å². The van der Waals surface area contributed by atoms with Crippen LogP contribution in [0.3, 0.4) is 0 Å². The normalized spacial score (nSPS) is 22.4. The fraction of sp³-hybridized carbons (Fsp3) is 0.267. The minimum absolute atomic E-state index is 0.0179. The first-order chi connectivity index (χ1) is 8.66. The molecular formula is C15H17NO2. The zero-order chi connectivity index (χ0) is 13.0. The zero-order valence-electron chi connectivity index (χ0n) is 10.4. The summed E-state index contributed by atoms with van der Waals surface area (Å²) in [4.78, 5) is 11.8.